The number of carbonyl (C=O) groups is 1. The van der Waals surface area contributed by atoms with E-state index in [1.165, 1.54) is 11.8 Å². The standard InChI is InChI=1S/C16H17ClN2OS/c1-11-7-8-15(18-9-11)21-12(2)16(20)19-10-13-5-3-4-6-14(13)17/h3-9,12H,10H2,1-2H3,(H,19,20). The molecule has 1 aromatic heterocycles. The molecule has 110 valence electrons. The van der Waals surface area contributed by atoms with Crippen molar-refractivity contribution in [2.75, 3.05) is 0 Å². The van der Waals surface area contributed by atoms with E-state index in [0.29, 0.717) is 11.6 Å². The minimum absolute atomic E-state index is 0.0257. The number of benzene rings is 1. The van der Waals surface area contributed by atoms with Crippen molar-refractivity contribution in [1.29, 1.82) is 0 Å². The summed E-state index contributed by atoms with van der Waals surface area (Å²) in [5.41, 5.74) is 2.02. The van der Waals surface area contributed by atoms with E-state index >= 15 is 0 Å². The van der Waals surface area contributed by atoms with Gasteiger partial charge in [-0.3, -0.25) is 4.79 Å². The molecule has 1 amide bonds. The van der Waals surface area contributed by atoms with E-state index in [2.05, 4.69) is 10.3 Å². The summed E-state index contributed by atoms with van der Waals surface area (Å²) in [4.78, 5) is 16.4. The Hall–Kier alpha value is -1.52. The van der Waals surface area contributed by atoms with Crippen molar-refractivity contribution in [3.8, 4) is 0 Å². The van der Waals surface area contributed by atoms with Gasteiger partial charge in [0.1, 0.15) is 0 Å². The first-order valence-electron chi connectivity index (χ1n) is 6.66. The molecule has 5 heteroatoms. The molecule has 1 atom stereocenters. The van der Waals surface area contributed by atoms with Gasteiger partial charge in [0.15, 0.2) is 0 Å². The number of hydrogen-bond acceptors (Lipinski definition) is 3. The molecule has 0 aliphatic rings. The summed E-state index contributed by atoms with van der Waals surface area (Å²) in [5.74, 6) is -0.0257. The molecule has 2 rings (SSSR count). The van der Waals surface area contributed by atoms with Crippen LogP contribution in [-0.2, 0) is 11.3 Å². The van der Waals surface area contributed by atoms with Gasteiger partial charge in [-0.15, -0.1) is 0 Å². The van der Waals surface area contributed by atoms with Crippen molar-refractivity contribution < 1.29 is 4.79 Å². The fourth-order valence-corrected chi connectivity index (χ4v) is 2.74. The minimum atomic E-state index is -0.206. The molecule has 3 nitrogen and oxygen atoms in total. The van der Waals surface area contributed by atoms with E-state index in [9.17, 15) is 4.79 Å². The van der Waals surface area contributed by atoms with Crippen LogP contribution < -0.4 is 5.32 Å². The number of nitrogens with one attached hydrogen (secondary N) is 1. The second kappa shape index (κ2) is 7.48. The summed E-state index contributed by atoms with van der Waals surface area (Å²) in [7, 11) is 0. The summed E-state index contributed by atoms with van der Waals surface area (Å²) in [6.07, 6.45) is 1.80. The number of pyridine rings is 1. The molecule has 1 aromatic carbocycles. The highest BCUT2D eigenvalue weighted by molar-refractivity contribution is 8.00. The van der Waals surface area contributed by atoms with Crippen molar-refractivity contribution in [1.82, 2.24) is 10.3 Å². The van der Waals surface area contributed by atoms with E-state index in [0.717, 1.165) is 16.2 Å². The van der Waals surface area contributed by atoms with Gasteiger partial charge in [-0.25, -0.2) is 4.98 Å². The topological polar surface area (TPSA) is 42.0 Å². The van der Waals surface area contributed by atoms with Gasteiger partial charge in [0.05, 0.1) is 10.3 Å². The number of nitrogens with zero attached hydrogens (tertiary/aromatic N) is 1. The number of rotatable bonds is 5. The highest BCUT2D eigenvalue weighted by Crippen LogP contribution is 2.21. The van der Waals surface area contributed by atoms with Crippen molar-refractivity contribution >= 4 is 29.3 Å². The zero-order chi connectivity index (χ0) is 15.2. The third-order valence-corrected chi connectivity index (χ3v) is 4.38. The molecule has 0 fully saturated rings. The highest BCUT2D eigenvalue weighted by Gasteiger charge is 2.15. The molecule has 21 heavy (non-hydrogen) atoms. The molecule has 0 saturated heterocycles. The Labute approximate surface area is 134 Å². The first kappa shape index (κ1) is 15.9. The van der Waals surface area contributed by atoms with Crippen LogP contribution in [0.4, 0.5) is 0 Å². The monoisotopic (exact) mass is 320 g/mol. The second-order valence-electron chi connectivity index (χ2n) is 4.74. The number of aryl methyl sites for hydroxylation is 1. The lowest BCUT2D eigenvalue weighted by molar-refractivity contribution is -0.120. The number of aromatic nitrogens is 1. The fraction of sp³-hybridized carbons (Fsp3) is 0.250. The van der Waals surface area contributed by atoms with Crippen molar-refractivity contribution in [2.24, 2.45) is 0 Å². The van der Waals surface area contributed by atoms with Crippen LogP contribution in [-0.4, -0.2) is 16.1 Å². The van der Waals surface area contributed by atoms with Crippen molar-refractivity contribution in [2.45, 2.75) is 30.7 Å². The highest BCUT2D eigenvalue weighted by atomic mass is 35.5. The molecule has 0 bridgehead atoms. The molecule has 0 aliphatic carbocycles. The van der Waals surface area contributed by atoms with E-state index in [-0.39, 0.29) is 11.2 Å². The number of hydrogen-bond donors (Lipinski definition) is 1. The van der Waals surface area contributed by atoms with Gasteiger partial charge in [-0.1, -0.05) is 47.6 Å². The molecular weight excluding hydrogens is 304 g/mol. The Bertz CT molecular complexity index is 616. The first-order valence-corrected chi connectivity index (χ1v) is 7.92. The minimum Gasteiger partial charge on any atom is -0.351 e. The third-order valence-electron chi connectivity index (χ3n) is 2.96. The number of amides is 1. The summed E-state index contributed by atoms with van der Waals surface area (Å²) >= 11 is 7.51. The lowest BCUT2D eigenvalue weighted by Gasteiger charge is -2.12. The average Bonchev–Trinajstić information content (AvgIpc) is 2.48. The molecule has 1 N–H and O–H groups in total. The normalized spacial score (nSPS) is 12.0. The zero-order valence-corrected chi connectivity index (χ0v) is 13.5. The smallest absolute Gasteiger partial charge is 0.233 e. The van der Waals surface area contributed by atoms with Gasteiger partial charge in [0.2, 0.25) is 5.91 Å². The molecule has 2 aromatic rings. The fourth-order valence-electron chi connectivity index (χ4n) is 1.73. The Morgan fingerprint density at radius 2 is 2.10 bits per heavy atom. The van der Waals surface area contributed by atoms with E-state index in [1.54, 1.807) is 6.20 Å². The van der Waals surface area contributed by atoms with Gasteiger partial charge in [-0.05, 0) is 37.1 Å². The summed E-state index contributed by atoms with van der Waals surface area (Å²) < 4.78 is 0. The number of carbonyl (C=O) groups excluding carboxylic acids is 1. The lowest BCUT2D eigenvalue weighted by atomic mass is 10.2. The molecule has 0 saturated carbocycles. The largest absolute Gasteiger partial charge is 0.351 e. The van der Waals surface area contributed by atoms with Crippen LogP contribution in [0.5, 0.6) is 0 Å². The van der Waals surface area contributed by atoms with Crippen LogP contribution >= 0.6 is 23.4 Å². The Kier molecular flexibility index (Phi) is 5.65. The van der Waals surface area contributed by atoms with Crippen LogP contribution in [0.2, 0.25) is 5.02 Å². The van der Waals surface area contributed by atoms with Gasteiger partial charge in [0.25, 0.3) is 0 Å². The second-order valence-corrected chi connectivity index (χ2v) is 6.51. The number of halogens is 1. The Morgan fingerprint density at radius 3 is 2.76 bits per heavy atom. The summed E-state index contributed by atoms with van der Waals surface area (Å²) in [5, 5.41) is 4.21. The molecule has 0 spiro atoms. The van der Waals surface area contributed by atoms with Crippen LogP contribution in [0.1, 0.15) is 18.1 Å². The summed E-state index contributed by atoms with van der Waals surface area (Å²) in [6, 6.07) is 11.4. The lowest BCUT2D eigenvalue weighted by Crippen LogP contribution is -2.30. The van der Waals surface area contributed by atoms with Crippen molar-refractivity contribution in [3.05, 3.63) is 58.7 Å². The molecule has 1 unspecified atom stereocenters. The Balaban J connectivity index is 1.88. The molecule has 0 aliphatic heterocycles. The van der Waals surface area contributed by atoms with E-state index < -0.39 is 0 Å². The van der Waals surface area contributed by atoms with Crippen LogP contribution in [0, 0.1) is 6.92 Å². The quantitative estimate of drug-likeness (QED) is 0.851. The zero-order valence-electron chi connectivity index (χ0n) is 12.0. The predicted molar refractivity (Wildman–Crippen MR) is 87.6 cm³/mol. The molecular formula is C16H17ClN2OS. The SMILES string of the molecule is Cc1ccc(SC(C)C(=O)NCc2ccccc2Cl)nc1. The van der Waals surface area contributed by atoms with Crippen LogP contribution in [0.25, 0.3) is 0 Å². The predicted octanol–water partition coefficient (Wildman–Crippen LogP) is 3.84. The molecule has 1 heterocycles. The molecule has 0 radical (unpaired) electrons. The van der Waals surface area contributed by atoms with Gasteiger partial charge in [-0.2, -0.15) is 0 Å². The maximum Gasteiger partial charge on any atom is 0.233 e. The summed E-state index contributed by atoms with van der Waals surface area (Å²) in [6.45, 7) is 4.29. The number of thioether (sulfide) groups is 1. The Morgan fingerprint density at radius 1 is 1.33 bits per heavy atom. The maximum absolute atomic E-state index is 12.1. The van der Waals surface area contributed by atoms with Crippen molar-refractivity contribution in [3.63, 3.8) is 0 Å². The first-order chi connectivity index (χ1) is 10.1. The van der Waals surface area contributed by atoms with Gasteiger partial charge in [0, 0.05) is 17.8 Å². The third kappa shape index (κ3) is 4.76. The van der Waals surface area contributed by atoms with E-state index in [1.807, 2.05) is 50.2 Å². The van der Waals surface area contributed by atoms with Crippen LogP contribution in [0.3, 0.4) is 0 Å². The van der Waals surface area contributed by atoms with Crippen LogP contribution in [0.15, 0.2) is 47.6 Å². The average molecular weight is 321 g/mol. The van der Waals surface area contributed by atoms with E-state index in [4.69, 9.17) is 11.6 Å². The van der Waals surface area contributed by atoms with Gasteiger partial charge >= 0.3 is 0 Å². The van der Waals surface area contributed by atoms with Gasteiger partial charge < -0.3 is 5.32 Å². The maximum atomic E-state index is 12.1.